The van der Waals surface area contributed by atoms with Crippen molar-refractivity contribution < 1.29 is 32.8 Å². The molecular weight excluding hydrogens is 747 g/mol. The van der Waals surface area contributed by atoms with Crippen LogP contribution in [0, 0.1) is 0 Å². The topological polar surface area (TPSA) is 126 Å². The summed E-state index contributed by atoms with van der Waals surface area (Å²) in [4.78, 5) is 29.7. The molecule has 1 aliphatic heterocycles. The Morgan fingerprint density at radius 2 is 1.74 bits per heavy atom. The van der Waals surface area contributed by atoms with Crippen molar-refractivity contribution >= 4 is 48.4 Å². The van der Waals surface area contributed by atoms with Crippen LogP contribution in [0.15, 0.2) is 120 Å². The van der Waals surface area contributed by atoms with Crippen LogP contribution in [-0.4, -0.2) is 80.0 Å². The Hall–Kier alpha value is -5.57. The number of aromatic nitrogens is 1. The lowest BCUT2D eigenvalue weighted by atomic mass is 10.1. The van der Waals surface area contributed by atoms with E-state index in [0.717, 1.165) is 39.1 Å². The third-order valence-corrected chi connectivity index (χ3v) is 9.66. The molecule has 2 aromatic heterocycles. The molecule has 57 heavy (non-hydrogen) atoms. The van der Waals surface area contributed by atoms with Crippen molar-refractivity contribution in [3.63, 3.8) is 0 Å². The van der Waals surface area contributed by atoms with Crippen molar-refractivity contribution in [2.45, 2.75) is 38.2 Å². The number of thiophene rings is 1. The molecule has 14 heteroatoms. The Morgan fingerprint density at radius 3 is 2.53 bits per heavy atom. The second-order valence-electron chi connectivity index (χ2n) is 13.2. The number of aliphatic hydroxyl groups is 1. The molecule has 0 saturated heterocycles. The Labute approximate surface area is 336 Å². The lowest BCUT2D eigenvalue weighted by Gasteiger charge is -2.15. The summed E-state index contributed by atoms with van der Waals surface area (Å²) in [6, 6.07) is 22.0. The van der Waals surface area contributed by atoms with E-state index in [0.29, 0.717) is 74.0 Å². The van der Waals surface area contributed by atoms with Gasteiger partial charge >= 0.3 is 7.40 Å². The van der Waals surface area contributed by atoms with E-state index < -0.39 is 13.5 Å². The SMILES string of the molecule is C=CCc1ccccc1OC[C@H](O)CNCCNC(=O)CCCCCNC(=O)COc1ccc(/C=C/C2=NC(=C\c3ccc(-c4cccs4)n3B(F)F)/C=C2)cc1. The number of allylic oxidation sites excluding steroid dienone is 4. The maximum absolute atomic E-state index is 13.9. The third kappa shape index (κ3) is 14.2. The number of ether oxygens (including phenoxy) is 2. The summed E-state index contributed by atoms with van der Waals surface area (Å²) in [7, 11) is -2.68. The molecule has 298 valence electrons. The van der Waals surface area contributed by atoms with Gasteiger partial charge in [0.2, 0.25) is 5.91 Å². The van der Waals surface area contributed by atoms with E-state index in [2.05, 4.69) is 27.5 Å². The van der Waals surface area contributed by atoms with Gasteiger partial charge in [0.15, 0.2) is 6.61 Å². The number of nitrogens with one attached hydrogen (secondary N) is 3. The Bertz CT molecular complexity index is 2030. The quantitative estimate of drug-likeness (QED) is 0.0345. The number of unbranched alkanes of at least 4 members (excludes halogenated alkanes) is 2. The van der Waals surface area contributed by atoms with Gasteiger partial charge in [0, 0.05) is 43.2 Å². The predicted molar refractivity (Wildman–Crippen MR) is 226 cm³/mol. The van der Waals surface area contributed by atoms with Gasteiger partial charge in [-0.15, -0.1) is 17.9 Å². The standard InChI is InChI=1S/C43H48BF2N5O5S/c1-2-9-33-10-5-6-11-40(33)56-30-37(52)29-47-25-26-49-42(53)13-4-3-7-24-48-43(54)31-55-38-21-15-32(16-22-38)14-17-34-18-19-35(50-34)28-36-20-23-39(51(36)44(45)46)41-12-8-27-57-41/h2,5-6,8,10-12,14-23,27-28,37,47,52H,1,3-4,7,9,13,24-26,29-31H2,(H,48,54)(H,49,53)/b17-14+,35-28-/t37-/m1/s1. The lowest BCUT2D eigenvalue weighted by molar-refractivity contribution is -0.123. The smallest absolute Gasteiger partial charge is 0.491 e. The van der Waals surface area contributed by atoms with Crippen LogP contribution in [0.3, 0.4) is 0 Å². The average molecular weight is 796 g/mol. The number of nitrogens with zero attached hydrogens (tertiary/aromatic N) is 2. The number of carbonyl (C=O) groups excluding carboxylic acids is 2. The summed E-state index contributed by atoms with van der Waals surface area (Å²) < 4.78 is 40.3. The summed E-state index contributed by atoms with van der Waals surface area (Å²) in [5.74, 6) is 1.04. The highest BCUT2D eigenvalue weighted by Gasteiger charge is 2.24. The third-order valence-electron chi connectivity index (χ3n) is 8.77. The largest absolute Gasteiger partial charge is 0.678 e. The second-order valence-corrected chi connectivity index (χ2v) is 14.1. The van der Waals surface area contributed by atoms with Gasteiger partial charge in [-0.25, -0.2) is 4.99 Å². The van der Waals surface area contributed by atoms with Crippen LogP contribution >= 0.6 is 11.3 Å². The van der Waals surface area contributed by atoms with Crippen LogP contribution in [-0.2, 0) is 16.0 Å². The maximum Gasteiger partial charge on any atom is 0.678 e. The number of amides is 2. The summed E-state index contributed by atoms with van der Waals surface area (Å²) in [6.07, 6.45) is 13.5. The zero-order valence-corrected chi connectivity index (χ0v) is 32.6. The lowest BCUT2D eigenvalue weighted by Crippen LogP contribution is -2.37. The van der Waals surface area contributed by atoms with Crippen LogP contribution in [0.5, 0.6) is 11.5 Å². The minimum atomic E-state index is -2.68. The first-order chi connectivity index (χ1) is 27.8. The predicted octanol–water partition coefficient (Wildman–Crippen LogP) is 6.98. The number of carbonyl (C=O) groups is 2. The van der Waals surface area contributed by atoms with Gasteiger partial charge in [-0.05, 0) is 96.5 Å². The van der Waals surface area contributed by atoms with Gasteiger partial charge < -0.3 is 35.0 Å². The van der Waals surface area contributed by atoms with Crippen molar-refractivity contribution in [1.82, 2.24) is 20.4 Å². The van der Waals surface area contributed by atoms with Crippen molar-refractivity contribution in [2.24, 2.45) is 4.99 Å². The summed E-state index contributed by atoms with van der Waals surface area (Å²) in [5.41, 5.74) is 4.04. The van der Waals surface area contributed by atoms with E-state index >= 15 is 0 Å². The number of halogens is 2. The van der Waals surface area contributed by atoms with Crippen LogP contribution in [0.4, 0.5) is 8.63 Å². The Kier molecular flexibility index (Phi) is 17.1. The van der Waals surface area contributed by atoms with Crippen LogP contribution < -0.4 is 25.4 Å². The van der Waals surface area contributed by atoms with E-state index in [1.165, 1.54) is 11.3 Å². The van der Waals surface area contributed by atoms with Gasteiger partial charge in [-0.2, -0.15) is 0 Å². The highest BCUT2D eigenvalue weighted by Crippen LogP contribution is 2.29. The van der Waals surface area contributed by atoms with Crippen molar-refractivity contribution in [3.8, 4) is 22.1 Å². The molecule has 0 bridgehead atoms. The molecule has 4 N–H and O–H groups in total. The molecule has 10 nitrogen and oxygen atoms in total. The molecule has 0 saturated carbocycles. The van der Waals surface area contributed by atoms with Gasteiger partial charge in [0.25, 0.3) is 5.91 Å². The van der Waals surface area contributed by atoms with E-state index in [-0.39, 0.29) is 25.0 Å². The summed E-state index contributed by atoms with van der Waals surface area (Å²) >= 11 is 1.41. The Morgan fingerprint density at radius 1 is 0.912 bits per heavy atom. The normalized spacial score (nSPS) is 13.5. The van der Waals surface area contributed by atoms with Gasteiger partial charge in [-0.1, -0.05) is 55.0 Å². The van der Waals surface area contributed by atoms with E-state index in [1.807, 2.05) is 78.2 Å². The van der Waals surface area contributed by atoms with Crippen LogP contribution in [0.2, 0.25) is 0 Å². The molecule has 0 radical (unpaired) electrons. The molecule has 3 heterocycles. The molecule has 5 rings (SSSR count). The Balaban J connectivity index is 0.892. The van der Waals surface area contributed by atoms with Gasteiger partial charge in [0.05, 0.1) is 17.1 Å². The summed E-state index contributed by atoms with van der Waals surface area (Å²) in [6.45, 7) is 5.64. The first-order valence-corrected chi connectivity index (χ1v) is 19.8. The molecule has 0 spiro atoms. The van der Waals surface area contributed by atoms with E-state index in [4.69, 9.17) is 9.47 Å². The van der Waals surface area contributed by atoms with Crippen molar-refractivity contribution in [1.29, 1.82) is 0 Å². The number of aliphatic imine (C=N–C) groups is 1. The average Bonchev–Trinajstić information content (AvgIpc) is 4.00. The number of hydrogen-bond acceptors (Lipinski definition) is 8. The molecule has 0 fully saturated rings. The number of hydrogen-bond donors (Lipinski definition) is 4. The first kappa shape index (κ1) is 42.6. The molecule has 0 unspecified atom stereocenters. The minimum Gasteiger partial charge on any atom is -0.491 e. The van der Waals surface area contributed by atoms with Crippen LogP contribution in [0.1, 0.15) is 42.5 Å². The van der Waals surface area contributed by atoms with Crippen LogP contribution in [0.25, 0.3) is 22.7 Å². The zero-order valence-electron chi connectivity index (χ0n) is 31.7. The molecule has 1 atom stereocenters. The number of benzene rings is 2. The molecule has 0 aliphatic carbocycles. The highest BCUT2D eigenvalue weighted by molar-refractivity contribution is 7.13. The van der Waals surface area contributed by atoms with Gasteiger partial charge in [-0.3, -0.25) is 18.2 Å². The second kappa shape index (κ2) is 22.9. The van der Waals surface area contributed by atoms with E-state index in [1.54, 1.807) is 36.4 Å². The number of para-hydroxylation sites is 1. The molecule has 4 aromatic rings. The fourth-order valence-electron chi connectivity index (χ4n) is 5.88. The number of aliphatic hydroxyl groups excluding tert-OH is 1. The van der Waals surface area contributed by atoms with Crippen molar-refractivity contribution in [3.05, 3.63) is 132 Å². The zero-order chi connectivity index (χ0) is 40.2. The molecule has 1 aliphatic rings. The van der Waals surface area contributed by atoms with Crippen molar-refractivity contribution in [2.75, 3.05) is 39.4 Å². The maximum atomic E-state index is 13.9. The molecular formula is C43H48BF2N5O5S. The monoisotopic (exact) mass is 795 g/mol. The highest BCUT2D eigenvalue weighted by atomic mass is 32.1. The minimum absolute atomic E-state index is 0.0333. The fourth-order valence-corrected chi connectivity index (χ4v) is 6.62. The first-order valence-electron chi connectivity index (χ1n) is 19.0. The van der Waals surface area contributed by atoms with E-state index in [9.17, 15) is 23.3 Å². The summed E-state index contributed by atoms with van der Waals surface area (Å²) in [5, 5.41) is 20.9. The molecule has 2 aromatic carbocycles. The molecule has 2 amide bonds. The fraction of sp³-hybridized carbons (Fsp3) is 0.279. The number of rotatable bonds is 24. The van der Waals surface area contributed by atoms with Gasteiger partial charge in [0.1, 0.15) is 24.2 Å².